The summed E-state index contributed by atoms with van der Waals surface area (Å²) in [6.07, 6.45) is 1.53. The lowest BCUT2D eigenvalue weighted by atomic mass is 10.0. The molecule has 0 bridgehead atoms. The van der Waals surface area contributed by atoms with Crippen LogP contribution in [0, 0.1) is 0 Å². The van der Waals surface area contributed by atoms with Crippen LogP contribution in [0.4, 0.5) is 10.5 Å². The molecule has 2 N–H and O–H groups in total. The number of carbonyl (C=O) groups is 2. The zero-order valence-electron chi connectivity index (χ0n) is 18.2. The zero-order valence-corrected chi connectivity index (χ0v) is 18.2. The van der Waals surface area contributed by atoms with E-state index in [0.29, 0.717) is 18.7 Å². The Bertz CT molecular complexity index is 1110. The Morgan fingerprint density at radius 3 is 2.61 bits per heavy atom. The average molecular weight is 425 g/mol. The van der Waals surface area contributed by atoms with Crippen LogP contribution in [0.15, 0.2) is 41.8 Å². The van der Waals surface area contributed by atoms with E-state index in [4.69, 9.17) is 4.74 Å². The van der Waals surface area contributed by atoms with Crippen LogP contribution in [-0.2, 0) is 17.7 Å². The van der Waals surface area contributed by atoms with E-state index in [1.807, 2.05) is 39.0 Å². The van der Waals surface area contributed by atoms with Gasteiger partial charge in [0.15, 0.2) is 0 Å². The van der Waals surface area contributed by atoms with Crippen LogP contribution in [0.25, 0.3) is 5.70 Å². The number of nitrogens with zero attached hydrogens (tertiary/aromatic N) is 2. The summed E-state index contributed by atoms with van der Waals surface area (Å²) >= 11 is 0. The van der Waals surface area contributed by atoms with Gasteiger partial charge in [-0.25, -0.2) is 9.59 Å². The van der Waals surface area contributed by atoms with Gasteiger partial charge >= 0.3 is 12.1 Å². The summed E-state index contributed by atoms with van der Waals surface area (Å²) in [6, 6.07) is 6.86. The van der Waals surface area contributed by atoms with Gasteiger partial charge in [0.25, 0.3) is 5.56 Å². The van der Waals surface area contributed by atoms with Crippen LogP contribution in [-0.4, -0.2) is 40.9 Å². The average Bonchev–Trinajstić information content (AvgIpc) is 3.12. The molecule has 0 saturated heterocycles. The van der Waals surface area contributed by atoms with Crippen molar-refractivity contribution in [3.63, 3.8) is 0 Å². The van der Waals surface area contributed by atoms with E-state index in [9.17, 15) is 19.5 Å². The Labute approximate surface area is 180 Å². The Morgan fingerprint density at radius 2 is 2.00 bits per heavy atom. The first kappa shape index (κ1) is 22.1. The number of hydrogen-bond donors (Lipinski definition) is 2. The number of aromatic carboxylic acids is 1. The molecule has 1 aromatic carbocycles. The second-order valence-corrected chi connectivity index (χ2v) is 8.41. The third-order valence-corrected chi connectivity index (χ3v) is 5.04. The second kappa shape index (κ2) is 8.29. The van der Waals surface area contributed by atoms with Crippen molar-refractivity contribution in [3.05, 3.63) is 69.6 Å². The summed E-state index contributed by atoms with van der Waals surface area (Å²) in [5.74, 6) is -1.13. The normalized spacial score (nSPS) is 13.0. The highest BCUT2D eigenvalue weighted by Crippen LogP contribution is 2.32. The maximum Gasteiger partial charge on any atom is 0.414 e. The number of carboxylic acid groups (broad SMARTS) is 1. The van der Waals surface area contributed by atoms with Crippen molar-refractivity contribution in [1.29, 1.82) is 0 Å². The molecule has 1 aliphatic rings. The van der Waals surface area contributed by atoms with E-state index in [-0.39, 0.29) is 23.2 Å². The molecule has 0 saturated carbocycles. The SMILES string of the molecule is C=C(NC)c1cc(C(=O)O)cn(Cc2cccc3c2CCN3C(=O)OC(C)(C)C)c1=O. The minimum absolute atomic E-state index is 0.00559. The molecule has 31 heavy (non-hydrogen) atoms. The van der Waals surface area contributed by atoms with Gasteiger partial charge in [0, 0.05) is 25.5 Å². The van der Waals surface area contributed by atoms with E-state index in [0.717, 1.165) is 16.8 Å². The van der Waals surface area contributed by atoms with Crippen LogP contribution in [0.2, 0.25) is 0 Å². The van der Waals surface area contributed by atoms with Gasteiger partial charge < -0.3 is 19.7 Å². The predicted molar refractivity (Wildman–Crippen MR) is 119 cm³/mol. The maximum absolute atomic E-state index is 13.0. The number of carboxylic acids is 1. The summed E-state index contributed by atoms with van der Waals surface area (Å²) in [5, 5.41) is 12.3. The molecule has 2 aromatic rings. The van der Waals surface area contributed by atoms with Crippen molar-refractivity contribution < 1.29 is 19.4 Å². The van der Waals surface area contributed by atoms with E-state index in [2.05, 4.69) is 11.9 Å². The molecule has 1 aromatic heterocycles. The number of carbonyl (C=O) groups excluding carboxylic acids is 1. The Hall–Kier alpha value is -3.55. The first-order chi connectivity index (χ1) is 14.5. The molecule has 8 nitrogen and oxygen atoms in total. The number of nitrogens with one attached hydrogen (secondary N) is 1. The van der Waals surface area contributed by atoms with Gasteiger partial charge in [-0.05, 0) is 50.5 Å². The van der Waals surface area contributed by atoms with Gasteiger partial charge in [-0.15, -0.1) is 0 Å². The highest BCUT2D eigenvalue weighted by Gasteiger charge is 2.30. The number of amides is 1. The number of pyridine rings is 1. The molecule has 164 valence electrons. The van der Waals surface area contributed by atoms with Crippen molar-refractivity contribution in [1.82, 2.24) is 9.88 Å². The fourth-order valence-electron chi connectivity index (χ4n) is 3.57. The lowest BCUT2D eigenvalue weighted by Crippen LogP contribution is -2.35. The van der Waals surface area contributed by atoms with E-state index < -0.39 is 17.7 Å². The molecular formula is C23H27N3O5. The number of fused-ring (bicyclic) bond motifs is 1. The van der Waals surface area contributed by atoms with Gasteiger partial charge in [0.05, 0.1) is 23.4 Å². The van der Waals surface area contributed by atoms with Gasteiger partial charge in [0.2, 0.25) is 0 Å². The van der Waals surface area contributed by atoms with Gasteiger partial charge in [-0.2, -0.15) is 0 Å². The summed E-state index contributed by atoms with van der Waals surface area (Å²) in [5.41, 5.74) is 2.12. The molecule has 2 heterocycles. The maximum atomic E-state index is 13.0. The number of aromatic nitrogens is 1. The number of hydrogen-bond acceptors (Lipinski definition) is 5. The lowest BCUT2D eigenvalue weighted by molar-refractivity contribution is 0.0583. The highest BCUT2D eigenvalue weighted by atomic mass is 16.6. The fraction of sp³-hybridized carbons (Fsp3) is 0.348. The molecule has 1 aliphatic heterocycles. The van der Waals surface area contributed by atoms with Crippen molar-refractivity contribution in [2.45, 2.75) is 39.3 Å². The molecule has 8 heteroatoms. The molecule has 0 radical (unpaired) electrons. The second-order valence-electron chi connectivity index (χ2n) is 8.41. The first-order valence-corrected chi connectivity index (χ1v) is 9.98. The Morgan fingerprint density at radius 1 is 1.29 bits per heavy atom. The standard InChI is InChI=1S/C23H27N3O5/c1-14(24-5)18-11-16(21(28)29)13-25(20(18)27)12-15-7-6-8-19-17(15)9-10-26(19)22(30)31-23(2,3)4/h6-8,11,13,24H,1,9-10,12H2,2-5H3,(H,28,29). The summed E-state index contributed by atoms with van der Waals surface area (Å²) in [7, 11) is 1.62. The van der Waals surface area contributed by atoms with Gasteiger partial charge in [0.1, 0.15) is 5.60 Å². The van der Waals surface area contributed by atoms with Crippen LogP contribution >= 0.6 is 0 Å². The Balaban J connectivity index is 2.00. The molecule has 0 atom stereocenters. The van der Waals surface area contributed by atoms with E-state index in [1.165, 1.54) is 16.8 Å². The molecule has 0 aliphatic carbocycles. The smallest absolute Gasteiger partial charge is 0.414 e. The van der Waals surface area contributed by atoms with Crippen LogP contribution in [0.1, 0.15) is 47.8 Å². The van der Waals surface area contributed by atoms with E-state index in [1.54, 1.807) is 11.9 Å². The summed E-state index contributed by atoms with van der Waals surface area (Å²) < 4.78 is 6.87. The first-order valence-electron chi connectivity index (χ1n) is 9.98. The number of anilines is 1. The summed E-state index contributed by atoms with van der Waals surface area (Å²) in [6.45, 7) is 9.90. The van der Waals surface area contributed by atoms with E-state index >= 15 is 0 Å². The molecule has 0 spiro atoms. The number of rotatable bonds is 5. The summed E-state index contributed by atoms with van der Waals surface area (Å²) in [4.78, 5) is 38.7. The Kier molecular flexibility index (Phi) is 5.92. The minimum Gasteiger partial charge on any atom is -0.478 e. The minimum atomic E-state index is -1.13. The fourth-order valence-corrected chi connectivity index (χ4v) is 3.57. The van der Waals surface area contributed by atoms with Crippen LogP contribution in [0.5, 0.6) is 0 Å². The van der Waals surface area contributed by atoms with Crippen LogP contribution in [0.3, 0.4) is 0 Å². The van der Waals surface area contributed by atoms with Crippen molar-refractivity contribution in [2.75, 3.05) is 18.5 Å². The third kappa shape index (κ3) is 4.63. The molecular weight excluding hydrogens is 398 g/mol. The lowest BCUT2D eigenvalue weighted by Gasteiger charge is -2.25. The molecule has 0 unspecified atom stereocenters. The largest absolute Gasteiger partial charge is 0.478 e. The third-order valence-electron chi connectivity index (χ3n) is 5.04. The van der Waals surface area contributed by atoms with Crippen molar-refractivity contribution in [2.24, 2.45) is 0 Å². The molecule has 0 fully saturated rings. The monoisotopic (exact) mass is 425 g/mol. The van der Waals surface area contributed by atoms with Crippen molar-refractivity contribution in [3.8, 4) is 0 Å². The highest BCUT2D eigenvalue weighted by molar-refractivity contribution is 5.91. The molecule has 1 amide bonds. The molecule has 3 rings (SSSR count). The van der Waals surface area contributed by atoms with Gasteiger partial charge in [-0.1, -0.05) is 18.7 Å². The number of benzene rings is 1. The van der Waals surface area contributed by atoms with Crippen LogP contribution < -0.4 is 15.8 Å². The van der Waals surface area contributed by atoms with Crippen molar-refractivity contribution >= 4 is 23.4 Å². The van der Waals surface area contributed by atoms with Gasteiger partial charge in [-0.3, -0.25) is 9.69 Å². The quantitative estimate of drug-likeness (QED) is 0.764. The topological polar surface area (TPSA) is 101 Å². The predicted octanol–water partition coefficient (Wildman–Crippen LogP) is 3.08. The zero-order chi connectivity index (χ0) is 22.9. The number of ether oxygens (including phenoxy) is 1.